The predicted molar refractivity (Wildman–Crippen MR) is 143 cm³/mol. The van der Waals surface area contributed by atoms with Crippen molar-refractivity contribution < 1.29 is 8.42 Å². The van der Waals surface area contributed by atoms with Crippen LogP contribution in [-0.2, 0) is 21.9 Å². The molecule has 1 atom stereocenters. The lowest BCUT2D eigenvalue weighted by Gasteiger charge is -2.28. The molecule has 0 N–H and O–H groups in total. The summed E-state index contributed by atoms with van der Waals surface area (Å²) in [5.74, 6) is 0.618. The summed E-state index contributed by atoms with van der Waals surface area (Å²) in [6.07, 6.45) is 6.32. The molecule has 0 fully saturated rings. The van der Waals surface area contributed by atoms with E-state index in [9.17, 15) is 8.42 Å². The van der Waals surface area contributed by atoms with Gasteiger partial charge >= 0.3 is 0 Å². The number of fused-ring (bicyclic) bond motifs is 1. The number of halogens is 3. The number of hydrogen-bond acceptors (Lipinski definition) is 3. The highest BCUT2D eigenvalue weighted by Crippen LogP contribution is 2.44. The minimum atomic E-state index is -3.56. The fourth-order valence-corrected chi connectivity index (χ4v) is 5.93. The van der Waals surface area contributed by atoms with Crippen LogP contribution < -0.4 is 0 Å². The summed E-state index contributed by atoms with van der Waals surface area (Å²) < 4.78 is 28.4. The molecule has 0 spiro atoms. The molecule has 3 aromatic carbocycles. The van der Waals surface area contributed by atoms with Crippen LogP contribution >= 0.6 is 34.8 Å². The molecule has 0 saturated heterocycles. The van der Waals surface area contributed by atoms with Gasteiger partial charge in [0.2, 0.25) is 10.0 Å². The van der Waals surface area contributed by atoms with Crippen LogP contribution in [0, 0.1) is 0 Å². The van der Waals surface area contributed by atoms with Crippen molar-refractivity contribution in [3.63, 3.8) is 0 Å². The average molecular weight is 545 g/mol. The molecule has 5 nitrogen and oxygen atoms in total. The van der Waals surface area contributed by atoms with Gasteiger partial charge in [0.25, 0.3) is 0 Å². The average Bonchev–Trinajstić information content (AvgIpc) is 3.42. The molecule has 178 valence electrons. The normalized spacial score (nSPS) is 13.7. The Labute approximate surface area is 218 Å². The van der Waals surface area contributed by atoms with Crippen LogP contribution in [0.2, 0.25) is 10.0 Å². The maximum absolute atomic E-state index is 12.6. The van der Waals surface area contributed by atoms with Gasteiger partial charge in [0.05, 0.1) is 11.8 Å². The lowest BCUT2D eigenvalue weighted by atomic mass is 9.88. The van der Waals surface area contributed by atoms with E-state index in [1.54, 1.807) is 36.7 Å². The minimum absolute atomic E-state index is 0.543. The highest BCUT2D eigenvalue weighted by atomic mass is 35.5. The number of benzene rings is 3. The van der Waals surface area contributed by atoms with E-state index in [1.165, 1.54) is 10.2 Å². The van der Waals surface area contributed by atoms with Crippen LogP contribution in [-0.4, -0.2) is 28.2 Å². The van der Waals surface area contributed by atoms with Crippen molar-refractivity contribution in [1.29, 1.82) is 0 Å². The number of aryl methyl sites for hydroxylation is 1. The Morgan fingerprint density at radius 1 is 0.914 bits per heavy atom. The quantitative estimate of drug-likeness (QED) is 0.232. The van der Waals surface area contributed by atoms with E-state index >= 15 is 0 Å². The summed E-state index contributed by atoms with van der Waals surface area (Å²) in [6, 6.07) is 20.1. The van der Waals surface area contributed by atoms with Crippen LogP contribution in [0.3, 0.4) is 0 Å². The Morgan fingerprint density at radius 3 is 2.26 bits per heavy atom. The molecule has 1 unspecified atom stereocenters. The number of alkyl halides is 1. The zero-order chi connectivity index (χ0) is 25.0. The number of imidazole rings is 1. The Hall–Kier alpha value is -2.77. The lowest BCUT2D eigenvalue weighted by molar-refractivity contribution is 0.595. The second-order valence-corrected chi connectivity index (χ2v) is 11.7. The van der Waals surface area contributed by atoms with E-state index in [4.69, 9.17) is 34.8 Å². The first kappa shape index (κ1) is 23.9. The van der Waals surface area contributed by atoms with Crippen molar-refractivity contribution in [1.82, 2.24) is 13.5 Å². The molecule has 5 aromatic rings. The smallest absolute Gasteiger partial charge is 0.236 e. The molecule has 2 heterocycles. The Morgan fingerprint density at radius 2 is 1.63 bits per heavy atom. The van der Waals surface area contributed by atoms with E-state index in [2.05, 4.69) is 4.98 Å². The Bertz CT molecular complexity index is 1670. The Kier molecular flexibility index (Phi) is 5.96. The number of hydrogen-bond donors (Lipinski definition) is 0. The first-order chi connectivity index (χ1) is 16.6. The van der Waals surface area contributed by atoms with Gasteiger partial charge in [-0.1, -0.05) is 53.5 Å². The Balaban J connectivity index is 1.84. The van der Waals surface area contributed by atoms with Crippen molar-refractivity contribution >= 4 is 55.7 Å². The van der Waals surface area contributed by atoms with Crippen molar-refractivity contribution in [2.75, 3.05) is 6.26 Å². The van der Waals surface area contributed by atoms with Gasteiger partial charge < -0.3 is 4.57 Å². The zero-order valence-corrected chi connectivity index (χ0v) is 21.9. The topological polar surface area (TPSA) is 56.9 Å². The standard InChI is InChI=1S/C26H20Cl3N3O2S/c1-31-13-12-30-25(31)26(29,18-6-9-20(27)10-7-18)19-8-11-24-22(15-19)23(16-32(24)35(2,33)34)17-4-3-5-21(28)14-17/h3-16H,1-2H3. The number of nitrogens with zero attached hydrogens (tertiary/aromatic N) is 3. The molecule has 0 aliphatic rings. The van der Waals surface area contributed by atoms with Crippen molar-refractivity contribution in [3.8, 4) is 11.1 Å². The van der Waals surface area contributed by atoms with Crippen LogP contribution in [0.15, 0.2) is 85.3 Å². The summed E-state index contributed by atoms with van der Waals surface area (Å²) in [7, 11) is -1.68. The highest BCUT2D eigenvalue weighted by Gasteiger charge is 2.38. The molecule has 35 heavy (non-hydrogen) atoms. The molecule has 0 amide bonds. The van der Waals surface area contributed by atoms with E-state index < -0.39 is 14.9 Å². The fraction of sp³-hybridized carbons (Fsp3) is 0.115. The van der Waals surface area contributed by atoms with Crippen LogP contribution in [0.4, 0.5) is 0 Å². The summed E-state index contributed by atoms with van der Waals surface area (Å²) in [5, 5.41) is 1.87. The van der Waals surface area contributed by atoms with E-state index in [-0.39, 0.29) is 0 Å². The second kappa shape index (κ2) is 8.71. The maximum atomic E-state index is 12.6. The van der Waals surface area contributed by atoms with E-state index in [1.807, 2.05) is 60.3 Å². The molecule has 9 heteroatoms. The molecule has 0 saturated carbocycles. The minimum Gasteiger partial charge on any atom is -0.336 e. The van der Waals surface area contributed by atoms with Crippen molar-refractivity contribution in [3.05, 3.63) is 112 Å². The fourth-order valence-electron chi connectivity index (χ4n) is 4.38. The summed E-state index contributed by atoms with van der Waals surface area (Å²) in [4.78, 5) is 3.40. The number of aromatic nitrogens is 3. The summed E-state index contributed by atoms with van der Waals surface area (Å²) in [5.41, 5.74) is 3.58. The molecule has 5 rings (SSSR count). The van der Waals surface area contributed by atoms with Crippen molar-refractivity contribution in [2.24, 2.45) is 7.05 Å². The molecule has 2 aromatic heterocycles. The van der Waals surface area contributed by atoms with Gasteiger partial charge in [-0.05, 0) is 53.1 Å². The third-order valence-electron chi connectivity index (χ3n) is 6.03. The van der Waals surface area contributed by atoms with E-state index in [0.717, 1.165) is 27.6 Å². The summed E-state index contributed by atoms with van der Waals surface area (Å²) >= 11 is 19.9. The number of rotatable bonds is 5. The SMILES string of the molecule is Cn1ccnc1C(Cl)(c1ccc(Cl)cc1)c1ccc2c(c1)c(-c1cccc(Cl)c1)cn2S(C)(=O)=O. The first-order valence-electron chi connectivity index (χ1n) is 10.6. The second-order valence-electron chi connectivity index (χ2n) is 8.37. The van der Waals surface area contributed by atoms with Gasteiger partial charge in [-0.15, -0.1) is 11.6 Å². The summed E-state index contributed by atoms with van der Waals surface area (Å²) in [6.45, 7) is 0. The van der Waals surface area contributed by atoms with Crippen LogP contribution in [0.5, 0.6) is 0 Å². The molecule has 0 aliphatic carbocycles. The predicted octanol–water partition coefficient (Wildman–Crippen LogP) is 6.69. The molecule has 0 radical (unpaired) electrons. The van der Waals surface area contributed by atoms with Gasteiger partial charge in [0.15, 0.2) is 4.87 Å². The van der Waals surface area contributed by atoms with Crippen molar-refractivity contribution in [2.45, 2.75) is 4.87 Å². The van der Waals surface area contributed by atoms with E-state index in [0.29, 0.717) is 21.4 Å². The van der Waals surface area contributed by atoms with Gasteiger partial charge in [-0.2, -0.15) is 0 Å². The first-order valence-corrected chi connectivity index (χ1v) is 13.6. The monoisotopic (exact) mass is 543 g/mol. The molecular formula is C26H20Cl3N3O2S. The van der Waals surface area contributed by atoms with Crippen LogP contribution in [0.25, 0.3) is 22.0 Å². The molecule has 0 bridgehead atoms. The molecular weight excluding hydrogens is 525 g/mol. The van der Waals surface area contributed by atoms with Gasteiger partial charge in [0.1, 0.15) is 5.82 Å². The van der Waals surface area contributed by atoms with Crippen LogP contribution in [0.1, 0.15) is 17.0 Å². The largest absolute Gasteiger partial charge is 0.336 e. The maximum Gasteiger partial charge on any atom is 0.236 e. The van der Waals surface area contributed by atoms with Gasteiger partial charge in [-0.25, -0.2) is 17.4 Å². The zero-order valence-electron chi connectivity index (χ0n) is 18.8. The molecule has 0 aliphatic heterocycles. The lowest BCUT2D eigenvalue weighted by Crippen LogP contribution is -2.26. The van der Waals surface area contributed by atoms with Gasteiger partial charge in [-0.3, -0.25) is 0 Å². The van der Waals surface area contributed by atoms with Gasteiger partial charge in [0, 0.05) is 46.6 Å². The third-order valence-corrected chi connectivity index (χ3v) is 8.14. The highest BCUT2D eigenvalue weighted by molar-refractivity contribution is 7.89. The third kappa shape index (κ3) is 4.15.